The Hall–Kier alpha value is -2.60. The van der Waals surface area contributed by atoms with Gasteiger partial charge in [0, 0.05) is 24.5 Å². The summed E-state index contributed by atoms with van der Waals surface area (Å²) in [5.41, 5.74) is 5.21. The van der Waals surface area contributed by atoms with Crippen molar-refractivity contribution in [3.63, 3.8) is 0 Å². The number of nitrogens with zero attached hydrogens (tertiary/aromatic N) is 1. The normalized spacial score (nSPS) is 15.8. The zero-order valence-electron chi connectivity index (χ0n) is 14.1. The van der Waals surface area contributed by atoms with Crippen molar-refractivity contribution >= 4 is 22.6 Å². The molecular formula is C19H23N3O3. The van der Waals surface area contributed by atoms with Crippen LogP contribution in [0.4, 0.5) is 0 Å². The second-order valence-corrected chi connectivity index (χ2v) is 6.35. The second kappa shape index (κ2) is 7.98. The molecular weight excluding hydrogens is 318 g/mol. The quantitative estimate of drug-likeness (QED) is 0.829. The lowest BCUT2D eigenvalue weighted by molar-refractivity contribution is -0.124. The number of fused-ring (bicyclic) bond motifs is 1. The third-order valence-corrected chi connectivity index (χ3v) is 4.44. The average Bonchev–Trinajstić information content (AvgIpc) is 2.61. The van der Waals surface area contributed by atoms with Crippen molar-refractivity contribution in [1.29, 1.82) is 0 Å². The fourth-order valence-electron chi connectivity index (χ4n) is 3.19. The molecule has 0 bridgehead atoms. The van der Waals surface area contributed by atoms with Crippen molar-refractivity contribution < 1.29 is 14.3 Å². The molecule has 0 radical (unpaired) electrons. The first-order valence-corrected chi connectivity index (χ1v) is 8.52. The van der Waals surface area contributed by atoms with Crippen molar-refractivity contribution in [3.05, 3.63) is 42.5 Å². The van der Waals surface area contributed by atoms with Crippen LogP contribution in [0.2, 0.25) is 0 Å². The van der Waals surface area contributed by atoms with Gasteiger partial charge in [-0.3, -0.25) is 14.5 Å². The molecule has 0 aliphatic carbocycles. The highest BCUT2D eigenvalue weighted by Gasteiger charge is 2.21. The zero-order chi connectivity index (χ0) is 17.6. The van der Waals surface area contributed by atoms with Crippen LogP contribution in [-0.2, 0) is 9.59 Å². The van der Waals surface area contributed by atoms with E-state index in [1.165, 1.54) is 0 Å². The largest absolute Gasteiger partial charge is 0.483 e. The number of ether oxygens (including phenoxy) is 1. The molecule has 0 saturated carbocycles. The molecule has 0 spiro atoms. The van der Waals surface area contributed by atoms with E-state index < -0.39 is 0 Å². The summed E-state index contributed by atoms with van der Waals surface area (Å²) in [6, 6.07) is 13.9. The number of nitrogens with one attached hydrogen (secondary N) is 1. The summed E-state index contributed by atoms with van der Waals surface area (Å²) in [6.07, 6.45) is 1.63. The molecule has 1 saturated heterocycles. The third kappa shape index (κ3) is 4.70. The minimum Gasteiger partial charge on any atom is -0.483 e. The number of hydrogen-bond donors (Lipinski definition) is 2. The number of benzene rings is 2. The van der Waals surface area contributed by atoms with Crippen LogP contribution >= 0.6 is 0 Å². The van der Waals surface area contributed by atoms with Gasteiger partial charge in [-0.2, -0.15) is 0 Å². The van der Waals surface area contributed by atoms with Crippen LogP contribution < -0.4 is 15.8 Å². The van der Waals surface area contributed by atoms with Gasteiger partial charge in [-0.15, -0.1) is 0 Å². The Morgan fingerprint density at radius 1 is 1.12 bits per heavy atom. The maximum atomic E-state index is 12.2. The number of carbonyl (C=O) groups is 2. The number of hydrogen-bond acceptors (Lipinski definition) is 4. The lowest BCUT2D eigenvalue weighted by Gasteiger charge is -2.31. The van der Waals surface area contributed by atoms with Crippen molar-refractivity contribution in [3.8, 4) is 5.75 Å². The molecule has 6 heteroatoms. The smallest absolute Gasteiger partial charge is 0.258 e. The van der Waals surface area contributed by atoms with Gasteiger partial charge in [-0.1, -0.05) is 36.4 Å². The first-order valence-electron chi connectivity index (χ1n) is 8.52. The first kappa shape index (κ1) is 17.2. The molecule has 132 valence electrons. The molecule has 3 rings (SSSR count). The van der Waals surface area contributed by atoms with E-state index in [0.29, 0.717) is 5.75 Å². The highest BCUT2D eigenvalue weighted by molar-refractivity contribution is 5.88. The van der Waals surface area contributed by atoms with Gasteiger partial charge in [-0.05, 0) is 24.3 Å². The van der Waals surface area contributed by atoms with Crippen molar-refractivity contribution in [1.82, 2.24) is 10.2 Å². The number of rotatable bonds is 6. The molecule has 25 heavy (non-hydrogen) atoms. The van der Waals surface area contributed by atoms with Gasteiger partial charge in [0.25, 0.3) is 5.91 Å². The topological polar surface area (TPSA) is 84.7 Å². The number of likely N-dealkylation sites (tertiary alicyclic amines) is 1. The maximum Gasteiger partial charge on any atom is 0.258 e. The Morgan fingerprint density at radius 2 is 1.84 bits per heavy atom. The van der Waals surface area contributed by atoms with Crippen molar-refractivity contribution in [2.45, 2.75) is 18.9 Å². The van der Waals surface area contributed by atoms with Crippen LogP contribution in [0.15, 0.2) is 42.5 Å². The molecule has 2 aromatic carbocycles. The number of primary amides is 1. The standard InChI is InChI=1S/C19H23N3O3/c20-18(23)12-22-10-8-15(9-11-22)21-19(24)13-25-17-7-3-5-14-4-1-2-6-16(14)17/h1-7,15H,8-13H2,(H2,20,23)(H,21,24). The number of nitrogens with two attached hydrogens (primary N) is 1. The fraction of sp³-hybridized carbons (Fsp3) is 0.368. The molecule has 6 nitrogen and oxygen atoms in total. The van der Waals surface area contributed by atoms with E-state index in [1.807, 2.05) is 47.4 Å². The van der Waals surface area contributed by atoms with E-state index in [9.17, 15) is 9.59 Å². The molecule has 3 N–H and O–H groups in total. The first-order chi connectivity index (χ1) is 12.1. The summed E-state index contributed by atoms with van der Waals surface area (Å²) in [4.78, 5) is 25.1. The zero-order valence-corrected chi connectivity index (χ0v) is 14.1. The molecule has 1 aliphatic rings. The van der Waals surface area contributed by atoms with E-state index in [0.717, 1.165) is 36.7 Å². The molecule has 2 aromatic rings. The van der Waals surface area contributed by atoms with Crippen LogP contribution in [0.5, 0.6) is 5.75 Å². The highest BCUT2D eigenvalue weighted by Crippen LogP contribution is 2.25. The number of piperidine rings is 1. The van der Waals surface area contributed by atoms with Crippen LogP contribution in [0.3, 0.4) is 0 Å². The lowest BCUT2D eigenvalue weighted by Crippen LogP contribution is -2.47. The van der Waals surface area contributed by atoms with Crippen LogP contribution in [0, 0.1) is 0 Å². The van der Waals surface area contributed by atoms with Gasteiger partial charge in [0.1, 0.15) is 5.75 Å². The van der Waals surface area contributed by atoms with Gasteiger partial charge in [0.15, 0.2) is 6.61 Å². The molecule has 1 fully saturated rings. The average molecular weight is 341 g/mol. The predicted octanol–water partition coefficient (Wildman–Crippen LogP) is 1.28. The molecule has 2 amide bonds. The van der Waals surface area contributed by atoms with Gasteiger partial charge in [0.05, 0.1) is 6.54 Å². The Kier molecular flexibility index (Phi) is 5.50. The van der Waals surface area contributed by atoms with E-state index in [2.05, 4.69) is 5.32 Å². The predicted molar refractivity (Wildman–Crippen MR) is 96.2 cm³/mol. The minimum atomic E-state index is -0.314. The molecule has 1 aliphatic heterocycles. The second-order valence-electron chi connectivity index (χ2n) is 6.35. The van der Waals surface area contributed by atoms with Crippen molar-refractivity contribution in [2.24, 2.45) is 5.73 Å². The Morgan fingerprint density at radius 3 is 2.60 bits per heavy atom. The monoisotopic (exact) mass is 341 g/mol. The summed E-state index contributed by atoms with van der Waals surface area (Å²) in [5.74, 6) is 0.275. The molecule has 0 unspecified atom stereocenters. The van der Waals surface area contributed by atoms with Gasteiger partial charge in [-0.25, -0.2) is 0 Å². The van der Waals surface area contributed by atoms with Crippen LogP contribution in [-0.4, -0.2) is 49.0 Å². The third-order valence-electron chi connectivity index (χ3n) is 4.44. The van der Waals surface area contributed by atoms with Crippen LogP contribution in [0.25, 0.3) is 10.8 Å². The summed E-state index contributed by atoms with van der Waals surface area (Å²) >= 11 is 0. The fourth-order valence-corrected chi connectivity index (χ4v) is 3.19. The summed E-state index contributed by atoms with van der Waals surface area (Å²) < 4.78 is 5.71. The van der Waals surface area contributed by atoms with Gasteiger partial charge >= 0.3 is 0 Å². The maximum absolute atomic E-state index is 12.2. The Balaban J connectivity index is 1.48. The minimum absolute atomic E-state index is 0.00446. The van der Waals surface area contributed by atoms with E-state index >= 15 is 0 Å². The van der Waals surface area contributed by atoms with Crippen LogP contribution in [0.1, 0.15) is 12.8 Å². The SMILES string of the molecule is NC(=O)CN1CCC(NC(=O)COc2cccc3ccccc23)CC1. The molecule has 0 aromatic heterocycles. The van der Waals surface area contributed by atoms with Gasteiger partial charge in [0.2, 0.25) is 5.91 Å². The van der Waals surface area contributed by atoms with E-state index in [-0.39, 0.29) is 31.0 Å². The Bertz CT molecular complexity index is 749. The molecule has 1 heterocycles. The molecule has 0 atom stereocenters. The van der Waals surface area contributed by atoms with Crippen molar-refractivity contribution in [2.75, 3.05) is 26.2 Å². The number of amides is 2. The van der Waals surface area contributed by atoms with E-state index in [1.54, 1.807) is 0 Å². The van der Waals surface area contributed by atoms with Gasteiger partial charge < -0.3 is 15.8 Å². The summed E-state index contributed by atoms with van der Waals surface area (Å²) in [5, 5.41) is 5.09. The lowest BCUT2D eigenvalue weighted by atomic mass is 10.1. The summed E-state index contributed by atoms with van der Waals surface area (Å²) in [7, 11) is 0. The number of carbonyl (C=O) groups excluding carboxylic acids is 2. The highest BCUT2D eigenvalue weighted by atomic mass is 16.5. The summed E-state index contributed by atoms with van der Waals surface area (Å²) in [6.45, 7) is 1.80. The Labute approximate surface area is 146 Å². The van der Waals surface area contributed by atoms with E-state index in [4.69, 9.17) is 10.5 Å².